The van der Waals surface area contributed by atoms with Crippen LogP contribution in [0, 0.1) is 0 Å². The lowest BCUT2D eigenvalue weighted by Crippen LogP contribution is -2.53. The number of fused-ring (bicyclic) bond motifs is 1. The lowest BCUT2D eigenvalue weighted by molar-refractivity contribution is 0.0718. The van der Waals surface area contributed by atoms with Gasteiger partial charge in [0.05, 0.1) is 0 Å². The number of hydrogen-bond donors (Lipinski definition) is 0. The molecule has 0 spiro atoms. The van der Waals surface area contributed by atoms with Crippen LogP contribution in [-0.4, -0.2) is 73.6 Å². The van der Waals surface area contributed by atoms with Gasteiger partial charge in [0.15, 0.2) is 0 Å². The lowest BCUT2D eigenvalue weighted by atomic mass is 10.1. The minimum absolute atomic E-state index is 0.755. The molecular weight excluding hydrogens is 198 g/mol. The Kier molecular flexibility index (Phi) is 4.22. The highest BCUT2D eigenvalue weighted by Crippen LogP contribution is 2.23. The van der Waals surface area contributed by atoms with Crippen molar-refractivity contribution in [2.75, 3.05) is 46.8 Å². The highest BCUT2D eigenvalue weighted by molar-refractivity contribution is 4.88. The van der Waals surface area contributed by atoms with Crippen LogP contribution in [0.25, 0.3) is 0 Å². The van der Waals surface area contributed by atoms with Gasteiger partial charge in [-0.25, -0.2) is 0 Å². The smallest absolute Gasteiger partial charge is 0.0224 e. The molecule has 0 bridgehead atoms. The molecule has 16 heavy (non-hydrogen) atoms. The Balaban J connectivity index is 1.77. The Hall–Kier alpha value is -0.120. The van der Waals surface area contributed by atoms with E-state index >= 15 is 0 Å². The summed E-state index contributed by atoms with van der Waals surface area (Å²) in [5, 5.41) is 0. The van der Waals surface area contributed by atoms with E-state index in [1.54, 1.807) is 0 Å². The van der Waals surface area contributed by atoms with E-state index in [1.165, 1.54) is 52.0 Å². The lowest BCUT2D eigenvalue weighted by Gasteiger charge is -2.40. The fourth-order valence-electron chi connectivity index (χ4n) is 3.04. The molecular formula is C13H27N3. The van der Waals surface area contributed by atoms with E-state index < -0.39 is 0 Å². The summed E-state index contributed by atoms with van der Waals surface area (Å²) in [5.41, 5.74) is 0. The fourth-order valence-corrected chi connectivity index (χ4v) is 3.04. The van der Waals surface area contributed by atoms with E-state index in [-0.39, 0.29) is 0 Å². The molecule has 0 N–H and O–H groups in total. The van der Waals surface area contributed by atoms with Crippen LogP contribution >= 0.6 is 0 Å². The maximum Gasteiger partial charge on any atom is 0.0224 e. The van der Waals surface area contributed by atoms with Gasteiger partial charge < -0.3 is 4.90 Å². The first-order valence-corrected chi connectivity index (χ1v) is 6.79. The molecule has 94 valence electrons. The Morgan fingerprint density at radius 2 is 2.06 bits per heavy atom. The summed E-state index contributed by atoms with van der Waals surface area (Å²) in [7, 11) is 4.34. The predicted octanol–water partition coefficient (Wildman–Crippen LogP) is 1.11. The average Bonchev–Trinajstić information content (AvgIpc) is 2.72. The Labute approximate surface area is 100 Å². The van der Waals surface area contributed by atoms with E-state index in [4.69, 9.17) is 0 Å². The third-order valence-corrected chi connectivity index (χ3v) is 4.24. The van der Waals surface area contributed by atoms with Crippen LogP contribution in [0.2, 0.25) is 0 Å². The van der Waals surface area contributed by atoms with Crippen LogP contribution in [0.3, 0.4) is 0 Å². The summed E-state index contributed by atoms with van der Waals surface area (Å²) in [4.78, 5) is 7.69. The standard InChI is InChI=1S/C13H27N3/c1-12(6-8-14(2)3)16-10-9-15-7-4-5-13(15)11-16/h12-13H,4-11H2,1-3H3. The minimum atomic E-state index is 0.755. The SMILES string of the molecule is CC(CCN(C)C)N1CCN2CCCC2C1. The molecule has 0 aromatic carbocycles. The minimum Gasteiger partial charge on any atom is -0.309 e. The van der Waals surface area contributed by atoms with Crippen LogP contribution in [0.4, 0.5) is 0 Å². The highest BCUT2D eigenvalue weighted by Gasteiger charge is 2.31. The highest BCUT2D eigenvalue weighted by atomic mass is 15.3. The van der Waals surface area contributed by atoms with Crippen molar-refractivity contribution in [3.63, 3.8) is 0 Å². The summed E-state index contributed by atoms with van der Waals surface area (Å²) >= 11 is 0. The molecule has 2 heterocycles. The Morgan fingerprint density at radius 3 is 2.81 bits per heavy atom. The molecule has 0 amide bonds. The summed E-state index contributed by atoms with van der Waals surface area (Å²) in [6.45, 7) is 8.86. The van der Waals surface area contributed by atoms with Gasteiger partial charge in [-0.2, -0.15) is 0 Å². The Bertz CT molecular complexity index is 217. The summed E-state index contributed by atoms with van der Waals surface area (Å²) in [5.74, 6) is 0. The molecule has 0 aromatic rings. The van der Waals surface area contributed by atoms with Gasteiger partial charge in [-0.3, -0.25) is 9.80 Å². The van der Waals surface area contributed by atoms with Crippen molar-refractivity contribution in [3.05, 3.63) is 0 Å². The fraction of sp³-hybridized carbons (Fsp3) is 1.00. The molecule has 2 saturated heterocycles. The quantitative estimate of drug-likeness (QED) is 0.709. The van der Waals surface area contributed by atoms with Gasteiger partial charge in [0.25, 0.3) is 0 Å². The van der Waals surface area contributed by atoms with Crippen molar-refractivity contribution in [2.24, 2.45) is 0 Å². The third kappa shape index (κ3) is 2.96. The second-order valence-corrected chi connectivity index (χ2v) is 5.77. The van der Waals surface area contributed by atoms with Crippen molar-refractivity contribution in [2.45, 2.75) is 38.3 Å². The molecule has 0 saturated carbocycles. The van der Waals surface area contributed by atoms with Gasteiger partial charge in [-0.1, -0.05) is 0 Å². The second kappa shape index (κ2) is 5.48. The van der Waals surface area contributed by atoms with Gasteiger partial charge in [0.2, 0.25) is 0 Å². The van der Waals surface area contributed by atoms with Crippen LogP contribution in [0.15, 0.2) is 0 Å². The van der Waals surface area contributed by atoms with Gasteiger partial charge in [-0.05, 0) is 53.4 Å². The molecule has 0 radical (unpaired) electrons. The molecule has 3 nitrogen and oxygen atoms in total. The number of nitrogens with zero attached hydrogens (tertiary/aromatic N) is 3. The summed E-state index contributed by atoms with van der Waals surface area (Å²) in [6, 6.07) is 1.63. The second-order valence-electron chi connectivity index (χ2n) is 5.77. The normalized spacial score (nSPS) is 29.6. The zero-order valence-electron chi connectivity index (χ0n) is 11.2. The van der Waals surface area contributed by atoms with Gasteiger partial charge in [0, 0.05) is 31.7 Å². The first-order chi connectivity index (χ1) is 7.66. The summed E-state index contributed by atoms with van der Waals surface area (Å²) in [6.07, 6.45) is 4.15. The largest absolute Gasteiger partial charge is 0.309 e. The molecule has 2 aliphatic rings. The van der Waals surface area contributed by atoms with Crippen molar-refractivity contribution in [3.8, 4) is 0 Å². The van der Waals surface area contributed by atoms with E-state index in [9.17, 15) is 0 Å². The van der Waals surface area contributed by atoms with E-state index in [2.05, 4.69) is 35.7 Å². The molecule has 3 heteroatoms. The number of piperazine rings is 1. The molecule has 2 aliphatic heterocycles. The third-order valence-electron chi connectivity index (χ3n) is 4.24. The molecule has 2 rings (SSSR count). The molecule has 2 atom stereocenters. The zero-order valence-corrected chi connectivity index (χ0v) is 11.2. The monoisotopic (exact) mass is 225 g/mol. The number of hydrogen-bond acceptors (Lipinski definition) is 3. The van der Waals surface area contributed by atoms with Crippen LogP contribution in [0.5, 0.6) is 0 Å². The molecule has 2 unspecified atom stereocenters. The van der Waals surface area contributed by atoms with Crippen molar-refractivity contribution in [1.82, 2.24) is 14.7 Å². The number of rotatable bonds is 4. The van der Waals surface area contributed by atoms with Crippen molar-refractivity contribution in [1.29, 1.82) is 0 Å². The average molecular weight is 225 g/mol. The van der Waals surface area contributed by atoms with Gasteiger partial charge in [-0.15, -0.1) is 0 Å². The van der Waals surface area contributed by atoms with Gasteiger partial charge >= 0.3 is 0 Å². The van der Waals surface area contributed by atoms with Crippen LogP contribution in [-0.2, 0) is 0 Å². The van der Waals surface area contributed by atoms with Crippen LogP contribution < -0.4 is 0 Å². The molecule has 0 aromatic heterocycles. The zero-order chi connectivity index (χ0) is 11.5. The van der Waals surface area contributed by atoms with Crippen LogP contribution in [0.1, 0.15) is 26.2 Å². The molecule has 0 aliphatic carbocycles. The Morgan fingerprint density at radius 1 is 1.25 bits per heavy atom. The van der Waals surface area contributed by atoms with Gasteiger partial charge in [0.1, 0.15) is 0 Å². The maximum absolute atomic E-state index is 2.70. The van der Waals surface area contributed by atoms with Crippen molar-refractivity contribution >= 4 is 0 Å². The van der Waals surface area contributed by atoms with E-state index in [1.807, 2.05) is 0 Å². The maximum atomic E-state index is 2.70. The first-order valence-electron chi connectivity index (χ1n) is 6.79. The van der Waals surface area contributed by atoms with Crippen molar-refractivity contribution < 1.29 is 0 Å². The van der Waals surface area contributed by atoms with E-state index in [0.717, 1.165) is 12.1 Å². The topological polar surface area (TPSA) is 9.72 Å². The molecule has 2 fully saturated rings. The summed E-state index contributed by atoms with van der Waals surface area (Å²) < 4.78 is 0. The predicted molar refractivity (Wildman–Crippen MR) is 68.8 cm³/mol. The van der Waals surface area contributed by atoms with E-state index in [0.29, 0.717) is 0 Å². The first kappa shape index (κ1) is 12.3.